The second kappa shape index (κ2) is 7.90. The molecule has 0 aliphatic heterocycles. The molecule has 0 aromatic heterocycles. The lowest BCUT2D eigenvalue weighted by Gasteiger charge is -2.16. The van der Waals surface area contributed by atoms with E-state index in [2.05, 4.69) is 19.2 Å². The Hall–Kier alpha value is -0.930. The Labute approximate surface area is 133 Å². The number of hydrogen-bond acceptors (Lipinski definition) is 3. The van der Waals surface area contributed by atoms with Gasteiger partial charge in [-0.05, 0) is 37.7 Å². The van der Waals surface area contributed by atoms with Crippen LogP contribution >= 0.6 is 11.6 Å². The molecule has 1 aromatic carbocycles. The van der Waals surface area contributed by atoms with Crippen molar-refractivity contribution in [2.45, 2.75) is 52.1 Å². The molecule has 1 aromatic rings. The van der Waals surface area contributed by atoms with Crippen molar-refractivity contribution in [1.29, 1.82) is 0 Å². The van der Waals surface area contributed by atoms with Gasteiger partial charge in [0.05, 0.1) is 13.7 Å². The fraction of sp³-hybridized carbons (Fsp3) is 0.647. The topological polar surface area (TPSA) is 30.5 Å². The van der Waals surface area contributed by atoms with E-state index in [1.807, 2.05) is 12.1 Å². The normalized spacial score (nSPS) is 14.5. The van der Waals surface area contributed by atoms with Gasteiger partial charge in [0.15, 0.2) is 11.5 Å². The Morgan fingerprint density at radius 2 is 2.10 bits per heavy atom. The maximum absolute atomic E-state index is 6.17. The largest absolute Gasteiger partial charge is 0.493 e. The minimum absolute atomic E-state index is 0.656. The van der Waals surface area contributed by atoms with Crippen molar-refractivity contribution in [3.8, 4) is 11.5 Å². The third kappa shape index (κ3) is 5.40. The van der Waals surface area contributed by atoms with Gasteiger partial charge in [-0.15, -0.1) is 0 Å². The second-order valence-corrected chi connectivity index (χ2v) is 6.57. The van der Waals surface area contributed by atoms with Gasteiger partial charge >= 0.3 is 0 Å². The highest BCUT2D eigenvalue weighted by Gasteiger charge is 2.21. The number of benzene rings is 1. The van der Waals surface area contributed by atoms with E-state index in [0.29, 0.717) is 23.6 Å². The van der Waals surface area contributed by atoms with Crippen molar-refractivity contribution < 1.29 is 9.47 Å². The first-order valence-electron chi connectivity index (χ1n) is 7.82. The molecular weight excluding hydrogens is 286 g/mol. The van der Waals surface area contributed by atoms with Crippen LogP contribution in [0.25, 0.3) is 0 Å². The van der Waals surface area contributed by atoms with E-state index in [1.54, 1.807) is 7.11 Å². The number of ether oxygens (including phenoxy) is 2. The zero-order valence-electron chi connectivity index (χ0n) is 13.2. The lowest BCUT2D eigenvalue weighted by Crippen LogP contribution is -2.16. The zero-order valence-corrected chi connectivity index (χ0v) is 14.0. The van der Waals surface area contributed by atoms with Crippen LogP contribution < -0.4 is 14.8 Å². The number of methoxy groups -OCH3 is 1. The molecule has 1 N–H and O–H groups in total. The molecule has 0 unspecified atom stereocenters. The molecule has 0 spiro atoms. The smallest absolute Gasteiger partial charge is 0.165 e. The summed E-state index contributed by atoms with van der Waals surface area (Å²) in [6, 6.07) is 4.45. The third-order valence-electron chi connectivity index (χ3n) is 3.65. The Morgan fingerprint density at radius 3 is 2.71 bits per heavy atom. The Balaban J connectivity index is 2.02. The van der Waals surface area contributed by atoms with E-state index in [9.17, 15) is 0 Å². The van der Waals surface area contributed by atoms with Gasteiger partial charge in [-0.1, -0.05) is 25.4 Å². The molecule has 0 saturated heterocycles. The molecule has 0 radical (unpaired) electrons. The molecule has 1 aliphatic rings. The van der Waals surface area contributed by atoms with Crippen molar-refractivity contribution in [3.63, 3.8) is 0 Å². The molecule has 4 heteroatoms. The molecule has 3 nitrogen and oxygen atoms in total. The summed E-state index contributed by atoms with van der Waals surface area (Å²) >= 11 is 6.17. The highest BCUT2D eigenvalue weighted by Crippen LogP contribution is 2.35. The van der Waals surface area contributed by atoms with E-state index >= 15 is 0 Å². The Kier molecular flexibility index (Phi) is 6.19. The molecular formula is C17H26ClNO2. The first-order valence-corrected chi connectivity index (χ1v) is 8.20. The molecule has 1 fully saturated rings. The Bertz CT molecular complexity index is 458. The molecule has 1 saturated carbocycles. The van der Waals surface area contributed by atoms with Crippen LogP contribution in [0.3, 0.4) is 0 Å². The van der Waals surface area contributed by atoms with Crippen LogP contribution in [-0.2, 0) is 6.54 Å². The summed E-state index contributed by atoms with van der Waals surface area (Å²) in [4.78, 5) is 0. The van der Waals surface area contributed by atoms with Crippen molar-refractivity contribution >= 4 is 11.6 Å². The predicted octanol–water partition coefficient (Wildman–Crippen LogP) is 4.42. The van der Waals surface area contributed by atoms with Crippen LogP contribution in [0.5, 0.6) is 11.5 Å². The minimum atomic E-state index is 0.656. The van der Waals surface area contributed by atoms with Gasteiger partial charge in [-0.2, -0.15) is 0 Å². The lowest BCUT2D eigenvalue weighted by atomic mass is 10.1. The molecule has 118 valence electrons. The molecule has 0 atom stereocenters. The van der Waals surface area contributed by atoms with Crippen molar-refractivity contribution in [1.82, 2.24) is 5.32 Å². The van der Waals surface area contributed by atoms with E-state index in [1.165, 1.54) is 19.3 Å². The maximum Gasteiger partial charge on any atom is 0.165 e. The van der Waals surface area contributed by atoms with Crippen molar-refractivity contribution in [3.05, 3.63) is 22.7 Å². The van der Waals surface area contributed by atoms with E-state index in [4.69, 9.17) is 21.1 Å². The fourth-order valence-corrected chi connectivity index (χ4v) is 2.51. The molecule has 0 heterocycles. The van der Waals surface area contributed by atoms with Gasteiger partial charge in [0, 0.05) is 29.2 Å². The van der Waals surface area contributed by atoms with Gasteiger partial charge in [-0.3, -0.25) is 0 Å². The molecule has 0 bridgehead atoms. The maximum atomic E-state index is 6.17. The second-order valence-electron chi connectivity index (χ2n) is 6.14. The van der Waals surface area contributed by atoms with E-state index < -0.39 is 0 Å². The average molecular weight is 312 g/mol. The number of halogens is 1. The van der Waals surface area contributed by atoms with Gasteiger partial charge < -0.3 is 14.8 Å². The SMILES string of the molecule is COc1cc(Cl)cc(CNC2CC2)c1OCCCC(C)C. The summed E-state index contributed by atoms with van der Waals surface area (Å²) in [7, 11) is 1.66. The summed E-state index contributed by atoms with van der Waals surface area (Å²) in [5, 5.41) is 4.20. The highest BCUT2D eigenvalue weighted by atomic mass is 35.5. The van der Waals surface area contributed by atoms with Crippen molar-refractivity contribution in [2.24, 2.45) is 5.92 Å². The average Bonchev–Trinajstić information content (AvgIpc) is 3.26. The predicted molar refractivity (Wildman–Crippen MR) is 87.4 cm³/mol. The van der Waals surface area contributed by atoms with Crippen LogP contribution in [0.2, 0.25) is 5.02 Å². The van der Waals surface area contributed by atoms with Gasteiger partial charge in [-0.25, -0.2) is 0 Å². The third-order valence-corrected chi connectivity index (χ3v) is 3.87. The van der Waals surface area contributed by atoms with Gasteiger partial charge in [0.25, 0.3) is 0 Å². The van der Waals surface area contributed by atoms with Crippen LogP contribution in [0.4, 0.5) is 0 Å². The monoisotopic (exact) mass is 311 g/mol. The van der Waals surface area contributed by atoms with Gasteiger partial charge in [0.1, 0.15) is 0 Å². The summed E-state index contributed by atoms with van der Waals surface area (Å²) < 4.78 is 11.4. The van der Waals surface area contributed by atoms with Crippen LogP contribution in [0.15, 0.2) is 12.1 Å². The highest BCUT2D eigenvalue weighted by molar-refractivity contribution is 6.30. The molecule has 2 rings (SSSR count). The Morgan fingerprint density at radius 1 is 1.33 bits per heavy atom. The molecule has 0 amide bonds. The summed E-state index contributed by atoms with van der Waals surface area (Å²) in [5.41, 5.74) is 1.08. The van der Waals surface area contributed by atoms with E-state index in [0.717, 1.165) is 30.0 Å². The summed E-state index contributed by atoms with van der Waals surface area (Å²) in [5.74, 6) is 2.26. The minimum Gasteiger partial charge on any atom is -0.493 e. The summed E-state index contributed by atoms with van der Waals surface area (Å²) in [6.45, 7) is 5.95. The zero-order chi connectivity index (χ0) is 15.2. The standard InChI is InChI=1S/C17H26ClNO2/c1-12(2)5-4-8-21-17-13(11-19-15-6-7-15)9-14(18)10-16(17)20-3/h9-10,12,15,19H,4-8,11H2,1-3H3. The number of nitrogens with one attached hydrogen (secondary N) is 1. The van der Waals surface area contributed by atoms with Crippen molar-refractivity contribution in [2.75, 3.05) is 13.7 Å². The first-order chi connectivity index (χ1) is 10.1. The van der Waals surface area contributed by atoms with Gasteiger partial charge in [0.2, 0.25) is 0 Å². The molecule has 1 aliphatic carbocycles. The summed E-state index contributed by atoms with van der Waals surface area (Å²) in [6.07, 6.45) is 4.76. The number of rotatable bonds is 9. The number of hydrogen-bond donors (Lipinski definition) is 1. The lowest BCUT2D eigenvalue weighted by molar-refractivity contribution is 0.276. The molecule has 21 heavy (non-hydrogen) atoms. The quantitative estimate of drug-likeness (QED) is 0.685. The van der Waals surface area contributed by atoms with Crippen LogP contribution in [-0.4, -0.2) is 19.8 Å². The van der Waals surface area contributed by atoms with E-state index in [-0.39, 0.29) is 0 Å². The van der Waals surface area contributed by atoms with Crippen LogP contribution in [0.1, 0.15) is 45.1 Å². The van der Waals surface area contributed by atoms with Crippen LogP contribution in [0, 0.1) is 5.92 Å². The first kappa shape index (κ1) is 16.4. The fourth-order valence-electron chi connectivity index (χ4n) is 2.28.